The Balaban J connectivity index is 2.11. The Kier molecular flexibility index (Phi) is 4.98. The van der Waals surface area contributed by atoms with Crippen LogP contribution in [-0.4, -0.2) is 22.7 Å². The molecule has 1 heterocycles. The van der Waals surface area contributed by atoms with Crippen molar-refractivity contribution in [1.82, 2.24) is 10.5 Å². The van der Waals surface area contributed by atoms with Crippen LogP contribution in [0.5, 0.6) is 5.75 Å². The van der Waals surface area contributed by atoms with Crippen LogP contribution < -0.4 is 5.32 Å². The predicted molar refractivity (Wildman–Crippen MR) is 84.9 cm³/mol. The third kappa shape index (κ3) is 3.36. The number of nitrogens with zero attached hydrogens (tertiary/aromatic N) is 1. The van der Waals surface area contributed by atoms with Crippen LogP contribution in [0.15, 0.2) is 16.7 Å². The fraction of sp³-hybridized carbons (Fsp3) is 0.333. The average Bonchev–Trinajstić information content (AvgIpc) is 2.74. The SMILES string of the molecule is Cc1noc(C)c1[C@@H](C)CNC(=O)c1c(O)cc(Cl)cc1Cl. The first kappa shape index (κ1) is 16.6. The van der Waals surface area contributed by atoms with Crippen LogP contribution in [0.1, 0.15) is 40.2 Å². The molecule has 5 nitrogen and oxygen atoms in total. The largest absolute Gasteiger partial charge is 0.507 e. The van der Waals surface area contributed by atoms with Crippen molar-refractivity contribution in [3.05, 3.63) is 44.8 Å². The number of benzene rings is 1. The monoisotopic (exact) mass is 342 g/mol. The molecule has 2 N–H and O–H groups in total. The summed E-state index contributed by atoms with van der Waals surface area (Å²) in [6, 6.07) is 2.69. The molecule has 0 radical (unpaired) electrons. The van der Waals surface area contributed by atoms with Gasteiger partial charge in [0, 0.05) is 23.0 Å². The lowest BCUT2D eigenvalue weighted by Crippen LogP contribution is -2.28. The van der Waals surface area contributed by atoms with Crippen LogP contribution in [-0.2, 0) is 0 Å². The van der Waals surface area contributed by atoms with Crippen LogP contribution in [0.3, 0.4) is 0 Å². The highest BCUT2D eigenvalue weighted by Gasteiger charge is 2.20. The van der Waals surface area contributed by atoms with E-state index in [-0.39, 0.29) is 27.3 Å². The van der Waals surface area contributed by atoms with Crippen molar-refractivity contribution in [2.24, 2.45) is 0 Å². The van der Waals surface area contributed by atoms with Crippen LogP contribution >= 0.6 is 23.2 Å². The van der Waals surface area contributed by atoms with Gasteiger partial charge in [0.25, 0.3) is 5.91 Å². The van der Waals surface area contributed by atoms with Gasteiger partial charge in [0.2, 0.25) is 0 Å². The number of hydrogen-bond donors (Lipinski definition) is 2. The number of carbonyl (C=O) groups excluding carboxylic acids is 1. The predicted octanol–water partition coefficient (Wildman–Crippen LogP) is 3.84. The molecule has 1 aromatic carbocycles. The Morgan fingerprint density at radius 3 is 2.64 bits per heavy atom. The first-order valence-corrected chi connectivity index (χ1v) is 7.45. The number of amides is 1. The fourth-order valence-corrected chi connectivity index (χ4v) is 2.98. The molecule has 2 aromatic rings. The summed E-state index contributed by atoms with van der Waals surface area (Å²) in [5.74, 6) is 0.0350. The van der Waals surface area contributed by atoms with Gasteiger partial charge in [0.1, 0.15) is 11.5 Å². The van der Waals surface area contributed by atoms with E-state index in [0.717, 1.165) is 17.0 Å². The van der Waals surface area contributed by atoms with Crippen molar-refractivity contribution in [3.8, 4) is 5.75 Å². The maximum atomic E-state index is 12.2. The Bertz CT molecular complexity index is 670. The third-order valence-corrected chi connectivity index (χ3v) is 3.93. The minimum absolute atomic E-state index is 0.0111. The number of aromatic nitrogens is 1. The van der Waals surface area contributed by atoms with Gasteiger partial charge < -0.3 is 14.9 Å². The zero-order chi connectivity index (χ0) is 16.4. The summed E-state index contributed by atoms with van der Waals surface area (Å²) in [6.45, 7) is 6.00. The van der Waals surface area contributed by atoms with E-state index in [0.29, 0.717) is 6.54 Å². The second-order valence-corrected chi connectivity index (χ2v) is 5.97. The molecule has 0 saturated heterocycles. The lowest BCUT2D eigenvalue weighted by atomic mass is 9.99. The standard InChI is InChI=1S/C15H16Cl2N2O3/c1-7(13-8(2)19-22-9(13)3)6-18-15(21)14-11(17)4-10(16)5-12(14)20/h4-5,7,20H,6H2,1-3H3,(H,18,21)/t7-/m0/s1. The number of phenolic OH excluding ortho intramolecular Hbond substituents is 1. The molecule has 0 aliphatic heterocycles. The highest BCUT2D eigenvalue weighted by Crippen LogP contribution is 2.30. The number of aryl methyl sites for hydroxylation is 2. The zero-order valence-electron chi connectivity index (χ0n) is 12.4. The number of nitrogens with one attached hydrogen (secondary N) is 1. The lowest BCUT2D eigenvalue weighted by molar-refractivity contribution is 0.0949. The Morgan fingerprint density at radius 2 is 2.09 bits per heavy atom. The number of halogens is 2. The molecule has 0 aliphatic rings. The van der Waals surface area contributed by atoms with Crippen LogP contribution in [0.25, 0.3) is 0 Å². The van der Waals surface area contributed by atoms with E-state index in [4.69, 9.17) is 27.7 Å². The molecular weight excluding hydrogens is 327 g/mol. The number of phenols is 1. The summed E-state index contributed by atoms with van der Waals surface area (Å²) in [4.78, 5) is 12.2. The van der Waals surface area contributed by atoms with Crippen molar-refractivity contribution in [2.45, 2.75) is 26.7 Å². The summed E-state index contributed by atoms with van der Waals surface area (Å²) in [5, 5.41) is 16.8. The third-order valence-electron chi connectivity index (χ3n) is 3.41. The summed E-state index contributed by atoms with van der Waals surface area (Å²) in [7, 11) is 0. The van der Waals surface area contributed by atoms with Crippen LogP contribution in [0, 0.1) is 13.8 Å². The Morgan fingerprint density at radius 1 is 1.41 bits per heavy atom. The molecule has 0 fully saturated rings. The molecular formula is C15H16Cl2N2O3. The van der Waals surface area contributed by atoms with Crippen molar-refractivity contribution >= 4 is 29.1 Å². The van der Waals surface area contributed by atoms with Gasteiger partial charge in [-0.2, -0.15) is 0 Å². The smallest absolute Gasteiger partial charge is 0.256 e. The zero-order valence-corrected chi connectivity index (χ0v) is 13.9. The molecule has 0 saturated carbocycles. The molecule has 1 atom stereocenters. The highest BCUT2D eigenvalue weighted by molar-refractivity contribution is 6.37. The van der Waals surface area contributed by atoms with E-state index in [9.17, 15) is 9.90 Å². The Hall–Kier alpha value is -1.72. The quantitative estimate of drug-likeness (QED) is 0.885. The maximum Gasteiger partial charge on any atom is 0.256 e. The minimum atomic E-state index is -0.460. The van der Waals surface area contributed by atoms with Crippen molar-refractivity contribution < 1.29 is 14.4 Å². The van der Waals surface area contributed by atoms with E-state index in [2.05, 4.69) is 10.5 Å². The fourth-order valence-electron chi connectivity index (χ4n) is 2.41. The van der Waals surface area contributed by atoms with E-state index in [1.54, 1.807) is 0 Å². The molecule has 7 heteroatoms. The molecule has 1 amide bonds. The molecule has 0 aliphatic carbocycles. The van der Waals surface area contributed by atoms with Crippen molar-refractivity contribution in [1.29, 1.82) is 0 Å². The number of rotatable bonds is 4. The first-order chi connectivity index (χ1) is 10.3. The molecule has 0 bridgehead atoms. The summed E-state index contributed by atoms with van der Waals surface area (Å²) >= 11 is 11.7. The van der Waals surface area contributed by atoms with Crippen molar-refractivity contribution in [3.63, 3.8) is 0 Å². The average molecular weight is 343 g/mol. The van der Waals surface area contributed by atoms with E-state index >= 15 is 0 Å². The van der Waals surface area contributed by atoms with Gasteiger partial charge in [-0.3, -0.25) is 4.79 Å². The maximum absolute atomic E-state index is 12.2. The van der Waals surface area contributed by atoms with Gasteiger partial charge in [0.15, 0.2) is 0 Å². The topological polar surface area (TPSA) is 75.4 Å². The van der Waals surface area contributed by atoms with Gasteiger partial charge in [-0.25, -0.2) is 0 Å². The lowest BCUT2D eigenvalue weighted by Gasteiger charge is -2.14. The summed E-state index contributed by atoms with van der Waals surface area (Å²) in [6.07, 6.45) is 0. The van der Waals surface area contributed by atoms with Gasteiger partial charge in [0.05, 0.1) is 16.3 Å². The first-order valence-electron chi connectivity index (χ1n) is 6.70. The number of carbonyl (C=O) groups is 1. The number of aromatic hydroxyl groups is 1. The summed E-state index contributed by atoms with van der Waals surface area (Å²) in [5.41, 5.74) is 1.77. The second-order valence-electron chi connectivity index (χ2n) is 5.13. The molecule has 0 spiro atoms. The van der Waals surface area contributed by atoms with Crippen LogP contribution in [0.4, 0.5) is 0 Å². The van der Waals surface area contributed by atoms with E-state index in [1.165, 1.54) is 12.1 Å². The van der Waals surface area contributed by atoms with E-state index < -0.39 is 5.91 Å². The van der Waals surface area contributed by atoms with Crippen LogP contribution in [0.2, 0.25) is 10.0 Å². The molecule has 1 aromatic heterocycles. The summed E-state index contributed by atoms with van der Waals surface area (Å²) < 4.78 is 5.12. The van der Waals surface area contributed by atoms with Gasteiger partial charge in [-0.05, 0) is 26.0 Å². The van der Waals surface area contributed by atoms with E-state index in [1.807, 2.05) is 20.8 Å². The van der Waals surface area contributed by atoms with Gasteiger partial charge in [-0.1, -0.05) is 35.3 Å². The molecule has 22 heavy (non-hydrogen) atoms. The van der Waals surface area contributed by atoms with Gasteiger partial charge in [-0.15, -0.1) is 0 Å². The highest BCUT2D eigenvalue weighted by atomic mass is 35.5. The minimum Gasteiger partial charge on any atom is -0.507 e. The second kappa shape index (κ2) is 6.58. The molecule has 0 unspecified atom stereocenters. The van der Waals surface area contributed by atoms with Crippen molar-refractivity contribution in [2.75, 3.05) is 6.54 Å². The Labute approximate surface area is 138 Å². The normalized spacial score (nSPS) is 12.2. The number of hydrogen-bond acceptors (Lipinski definition) is 4. The van der Waals surface area contributed by atoms with Gasteiger partial charge >= 0.3 is 0 Å². The molecule has 2 rings (SSSR count). The molecule has 118 valence electrons.